The summed E-state index contributed by atoms with van der Waals surface area (Å²) in [6.07, 6.45) is 2.70. The van der Waals surface area contributed by atoms with Crippen molar-refractivity contribution in [2.45, 2.75) is 13.0 Å². The molecule has 1 aromatic rings. The van der Waals surface area contributed by atoms with Crippen LogP contribution in [0.5, 0.6) is 0 Å². The minimum atomic E-state index is -3.39. The van der Waals surface area contributed by atoms with Gasteiger partial charge in [0.05, 0.1) is 26.0 Å². The van der Waals surface area contributed by atoms with Crippen molar-refractivity contribution in [1.29, 1.82) is 0 Å². The van der Waals surface area contributed by atoms with E-state index in [2.05, 4.69) is 14.7 Å². The van der Waals surface area contributed by atoms with Gasteiger partial charge in [0.15, 0.2) is 0 Å². The predicted octanol–water partition coefficient (Wildman–Crippen LogP) is -0.833. The van der Waals surface area contributed by atoms with E-state index in [0.29, 0.717) is 25.6 Å². The minimum absolute atomic E-state index is 0.255. The normalized spacial score (nSPS) is 20.1. The topological polar surface area (TPSA) is 104 Å². The number of amides is 1. The quantitative estimate of drug-likeness (QED) is 0.755. The average Bonchev–Trinajstić information content (AvgIpc) is 2.82. The Balaban J connectivity index is 2.08. The summed E-state index contributed by atoms with van der Waals surface area (Å²) in [6, 6.07) is -0.314. The monoisotopic (exact) mass is 302 g/mol. The second-order valence-electron chi connectivity index (χ2n) is 4.72. The van der Waals surface area contributed by atoms with E-state index in [4.69, 9.17) is 4.74 Å². The molecule has 0 aromatic carbocycles. The third-order valence-electron chi connectivity index (χ3n) is 2.97. The summed E-state index contributed by atoms with van der Waals surface area (Å²) in [7, 11) is -3.39. The van der Waals surface area contributed by atoms with Gasteiger partial charge in [0.1, 0.15) is 11.9 Å². The Kier molecular flexibility index (Phi) is 4.41. The van der Waals surface area contributed by atoms with Crippen molar-refractivity contribution in [2.75, 3.05) is 32.6 Å². The van der Waals surface area contributed by atoms with Gasteiger partial charge < -0.3 is 14.6 Å². The number of carbonyl (C=O) groups is 1. The maximum Gasteiger partial charge on any atom is 0.238 e. The fourth-order valence-electron chi connectivity index (χ4n) is 2.03. The molecule has 112 valence electrons. The van der Waals surface area contributed by atoms with Gasteiger partial charge in [0, 0.05) is 18.4 Å². The van der Waals surface area contributed by atoms with Crippen LogP contribution in [-0.2, 0) is 19.6 Å². The first kappa shape index (κ1) is 14.9. The van der Waals surface area contributed by atoms with E-state index in [1.54, 1.807) is 11.1 Å². The maximum atomic E-state index is 12.1. The number of imidazole rings is 1. The van der Waals surface area contributed by atoms with Crippen LogP contribution in [0.1, 0.15) is 17.6 Å². The summed E-state index contributed by atoms with van der Waals surface area (Å²) in [6.45, 7) is 2.81. The van der Waals surface area contributed by atoms with Crippen molar-refractivity contribution in [3.05, 3.63) is 17.7 Å². The van der Waals surface area contributed by atoms with E-state index in [1.807, 2.05) is 6.92 Å². The number of sulfonamides is 1. The molecule has 2 heterocycles. The number of hydrogen-bond acceptors (Lipinski definition) is 5. The van der Waals surface area contributed by atoms with E-state index >= 15 is 0 Å². The van der Waals surface area contributed by atoms with Crippen molar-refractivity contribution < 1.29 is 17.9 Å². The molecule has 0 aliphatic carbocycles. The predicted molar refractivity (Wildman–Crippen MR) is 71.4 cm³/mol. The first-order valence-electron chi connectivity index (χ1n) is 6.20. The standard InChI is InChI=1S/C11H18N4O4S/c1-8-5-12-11(14-8)9-7-19-4-3-15(9)10(16)6-13-20(2,17)18/h5,9,13H,3-4,6-7H2,1-2H3,(H,12,14)/t9-/m1/s1. The zero-order valence-corrected chi connectivity index (χ0v) is 12.2. The molecule has 1 fully saturated rings. The van der Waals surface area contributed by atoms with Crippen LogP contribution < -0.4 is 4.72 Å². The first-order valence-corrected chi connectivity index (χ1v) is 8.09. The molecule has 0 radical (unpaired) electrons. The van der Waals surface area contributed by atoms with Gasteiger partial charge in [-0.2, -0.15) is 0 Å². The highest BCUT2D eigenvalue weighted by atomic mass is 32.2. The van der Waals surface area contributed by atoms with Crippen LogP contribution in [0.3, 0.4) is 0 Å². The lowest BCUT2D eigenvalue weighted by atomic mass is 10.2. The summed E-state index contributed by atoms with van der Waals surface area (Å²) < 4.78 is 29.7. The van der Waals surface area contributed by atoms with E-state index in [1.165, 1.54) is 0 Å². The number of aromatic nitrogens is 2. The summed E-state index contributed by atoms with van der Waals surface area (Å²) in [5.41, 5.74) is 0.896. The highest BCUT2D eigenvalue weighted by Gasteiger charge is 2.30. The lowest BCUT2D eigenvalue weighted by Gasteiger charge is -2.34. The molecule has 2 N–H and O–H groups in total. The number of aryl methyl sites for hydroxylation is 1. The Bertz CT molecular complexity index is 583. The van der Waals surface area contributed by atoms with Crippen LogP contribution in [-0.4, -0.2) is 61.8 Å². The lowest BCUT2D eigenvalue weighted by Crippen LogP contribution is -2.47. The van der Waals surface area contributed by atoms with Crippen molar-refractivity contribution >= 4 is 15.9 Å². The summed E-state index contributed by atoms with van der Waals surface area (Å²) >= 11 is 0. The number of aromatic amines is 1. The largest absolute Gasteiger partial charge is 0.377 e. The van der Waals surface area contributed by atoms with Crippen LogP contribution in [0.15, 0.2) is 6.20 Å². The van der Waals surface area contributed by atoms with Gasteiger partial charge >= 0.3 is 0 Å². The summed E-state index contributed by atoms with van der Waals surface area (Å²) in [5.74, 6) is 0.354. The molecule has 1 saturated heterocycles. The van der Waals surface area contributed by atoms with Crippen LogP contribution in [0.25, 0.3) is 0 Å². The van der Waals surface area contributed by atoms with Gasteiger partial charge in [0.25, 0.3) is 0 Å². The fourth-order valence-corrected chi connectivity index (χ4v) is 2.41. The Hall–Kier alpha value is -1.45. The van der Waals surface area contributed by atoms with Crippen molar-refractivity contribution in [3.63, 3.8) is 0 Å². The molecule has 2 rings (SSSR count). The molecule has 20 heavy (non-hydrogen) atoms. The van der Waals surface area contributed by atoms with E-state index in [-0.39, 0.29) is 18.5 Å². The minimum Gasteiger partial charge on any atom is -0.377 e. The van der Waals surface area contributed by atoms with Crippen molar-refractivity contribution in [1.82, 2.24) is 19.6 Å². The van der Waals surface area contributed by atoms with Crippen LogP contribution in [0.4, 0.5) is 0 Å². The Morgan fingerprint density at radius 2 is 2.40 bits per heavy atom. The van der Waals surface area contributed by atoms with Gasteiger partial charge in [-0.25, -0.2) is 18.1 Å². The number of rotatable bonds is 4. The third-order valence-corrected chi connectivity index (χ3v) is 3.64. The Labute approximate surface area is 117 Å². The van der Waals surface area contributed by atoms with E-state index in [9.17, 15) is 13.2 Å². The van der Waals surface area contributed by atoms with Gasteiger partial charge in [-0.1, -0.05) is 0 Å². The smallest absolute Gasteiger partial charge is 0.238 e. The highest BCUT2D eigenvalue weighted by molar-refractivity contribution is 7.88. The average molecular weight is 302 g/mol. The molecule has 0 saturated carbocycles. The van der Waals surface area contributed by atoms with Crippen molar-refractivity contribution in [2.24, 2.45) is 0 Å². The number of H-pyrrole nitrogens is 1. The van der Waals surface area contributed by atoms with Crippen LogP contribution in [0, 0.1) is 6.92 Å². The Morgan fingerprint density at radius 3 is 3.00 bits per heavy atom. The molecule has 0 spiro atoms. The molecule has 9 heteroatoms. The fraction of sp³-hybridized carbons (Fsp3) is 0.636. The lowest BCUT2D eigenvalue weighted by molar-refractivity contribution is -0.139. The second kappa shape index (κ2) is 5.90. The van der Waals surface area contributed by atoms with Gasteiger partial charge in [-0.15, -0.1) is 0 Å². The highest BCUT2D eigenvalue weighted by Crippen LogP contribution is 2.21. The first-order chi connectivity index (χ1) is 9.37. The summed E-state index contributed by atoms with van der Waals surface area (Å²) in [5, 5.41) is 0. The van der Waals surface area contributed by atoms with Crippen LogP contribution in [0.2, 0.25) is 0 Å². The Morgan fingerprint density at radius 1 is 1.65 bits per heavy atom. The number of nitrogens with zero attached hydrogens (tertiary/aromatic N) is 2. The molecular weight excluding hydrogens is 284 g/mol. The van der Waals surface area contributed by atoms with Crippen LogP contribution >= 0.6 is 0 Å². The van der Waals surface area contributed by atoms with Gasteiger partial charge in [-0.3, -0.25) is 4.79 Å². The number of ether oxygens (including phenoxy) is 1. The molecule has 1 aromatic heterocycles. The number of nitrogens with one attached hydrogen (secondary N) is 2. The van der Waals surface area contributed by atoms with E-state index in [0.717, 1.165) is 11.9 Å². The third kappa shape index (κ3) is 3.78. The molecule has 0 bridgehead atoms. The molecule has 0 unspecified atom stereocenters. The molecule has 1 atom stereocenters. The number of morpholine rings is 1. The van der Waals surface area contributed by atoms with Crippen molar-refractivity contribution in [3.8, 4) is 0 Å². The number of hydrogen-bond donors (Lipinski definition) is 2. The van der Waals surface area contributed by atoms with E-state index < -0.39 is 10.0 Å². The molecule has 1 amide bonds. The summed E-state index contributed by atoms with van der Waals surface area (Å²) in [4.78, 5) is 21.0. The molecule has 1 aliphatic rings. The zero-order chi connectivity index (χ0) is 14.8. The second-order valence-corrected chi connectivity index (χ2v) is 6.56. The molecule has 1 aliphatic heterocycles. The van der Waals surface area contributed by atoms with Gasteiger partial charge in [0.2, 0.25) is 15.9 Å². The SMILES string of the molecule is Cc1cnc([C@H]2COCCN2C(=O)CNS(C)(=O)=O)[nH]1. The maximum absolute atomic E-state index is 12.1. The molecule has 8 nitrogen and oxygen atoms in total. The van der Waals surface area contributed by atoms with Gasteiger partial charge in [-0.05, 0) is 6.92 Å². The zero-order valence-electron chi connectivity index (χ0n) is 11.4. The number of carbonyl (C=O) groups excluding carboxylic acids is 1. The molecular formula is C11H18N4O4S.